The zero-order valence-electron chi connectivity index (χ0n) is 11.0. The number of aromatic amines is 1. The standard InChI is InChI=1S/C15H17FN2O2/c16-11-4-2-5-12-14(11)10(8-17-12)15(20)18-7-9-3-1-6-13(9)19/h2,4-5,8-9,13,17,19H,1,3,6-7H2,(H,18,20). The molecule has 0 aliphatic heterocycles. The van der Waals surface area contributed by atoms with Gasteiger partial charge in [0.1, 0.15) is 5.82 Å². The average Bonchev–Trinajstić information content (AvgIpc) is 3.03. The van der Waals surface area contributed by atoms with E-state index in [1.807, 2.05) is 0 Å². The highest BCUT2D eigenvalue weighted by Crippen LogP contribution is 2.25. The third kappa shape index (κ3) is 2.29. The summed E-state index contributed by atoms with van der Waals surface area (Å²) < 4.78 is 13.8. The molecule has 3 rings (SSSR count). The fraction of sp³-hybridized carbons (Fsp3) is 0.400. The van der Waals surface area contributed by atoms with Crippen molar-refractivity contribution in [2.75, 3.05) is 6.54 Å². The van der Waals surface area contributed by atoms with Crippen LogP contribution in [0.1, 0.15) is 29.6 Å². The summed E-state index contributed by atoms with van der Waals surface area (Å²) in [5.41, 5.74) is 0.918. The van der Waals surface area contributed by atoms with Gasteiger partial charge in [0.2, 0.25) is 0 Å². The number of rotatable bonds is 3. The summed E-state index contributed by atoms with van der Waals surface area (Å²) in [6, 6.07) is 4.67. The minimum atomic E-state index is -0.408. The highest BCUT2D eigenvalue weighted by Gasteiger charge is 2.26. The van der Waals surface area contributed by atoms with Crippen molar-refractivity contribution in [3.63, 3.8) is 0 Å². The van der Waals surface area contributed by atoms with Crippen molar-refractivity contribution in [2.45, 2.75) is 25.4 Å². The van der Waals surface area contributed by atoms with Crippen LogP contribution in [0.25, 0.3) is 10.9 Å². The number of hydrogen-bond donors (Lipinski definition) is 3. The van der Waals surface area contributed by atoms with E-state index >= 15 is 0 Å². The van der Waals surface area contributed by atoms with E-state index in [0.717, 1.165) is 19.3 Å². The van der Waals surface area contributed by atoms with Crippen molar-refractivity contribution in [2.24, 2.45) is 5.92 Å². The number of carbonyl (C=O) groups excluding carboxylic acids is 1. The van der Waals surface area contributed by atoms with Gasteiger partial charge in [-0.2, -0.15) is 0 Å². The molecule has 1 aromatic heterocycles. The number of benzene rings is 1. The number of H-pyrrole nitrogens is 1. The molecule has 0 saturated heterocycles. The van der Waals surface area contributed by atoms with E-state index in [-0.39, 0.29) is 17.9 Å². The van der Waals surface area contributed by atoms with Crippen molar-refractivity contribution in [3.8, 4) is 0 Å². The molecule has 0 radical (unpaired) electrons. The predicted molar refractivity (Wildman–Crippen MR) is 73.9 cm³/mol. The maximum absolute atomic E-state index is 13.8. The molecule has 2 aromatic rings. The van der Waals surface area contributed by atoms with Crippen molar-refractivity contribution in [1.82, 2.24) is 10.3 Å². The summed E-state index contributed by atoms with van der Waals surface area (Å²) in [7, 11) is 0. The van der Waals surface area contributed by atoms with Gasteiger partial charge in [-0.05, 0) is 25.0 Å². The fourth-order valence-electron chi connectivity index (χ4n) is 2.89. The van der Waals surface area contributed by atoms with Gasteiger partial charge >= 0.3 is 0 Å². The smallest absolute Gasteiger partial charge is 0.253 e. The molecule has 3 N–H and O–H groups in total. The van der Waals surface area contributed by atoms with Gasteiger partial charge in [-0.15, -0.1) is 0 Å². The van der Waals surface area contributed by atoms with Gasteiger partial charge in [0.25, 0.3) is 5.91 Å². The second kappa shape index (κ2) is 5.25. The molecule has 5 heteroatoms. The first-order chi connectivity index (χ1) is 9.66. The average molecular weight is 276 g/mol. The zero-order chi connectivity index (χ0) is 14.1. The zero-order valence-corrected chi connectivity index (χ0v) is 11.0. The summed E-state index contributed by atoms with van der Waals surface area (Å²) in [6.07, 6.45) is 3.89. The van der Waals surface area contributed by atoms with E-state index < -0.39 is 5.82 Å². The number of aliphatic hydroxyl groups is 1. The predicted octanol–water partition coefficient (Wildman–Crippen LogP) is 2.20. The van der Waals surface area contributed by atoms with E-state index in [1.54, 1.807) is 12.1 Å². The molecule has 0 spiro atoms. The highest BCUT2D eigenvalue weighted by molar-refractivity contribution is 6.06. The molecule has 1 saturated carbocycles. The van der Waals surface area contributed by atoms with Crippen LogP contribution in [0, 0.1) is 11.7 Å². The Labute approximate surface area is 116 Å². The second-order valence-corrected chi connectivity index (χ2v) is 5.33. The van der Waals surface area contributed by atoms with Crippen molar-refractivity contribution >= 4 is 16.8 Å². The molecule has 0 bridgehead atoms. The number of hydrogen-bond acceptors (Lipinski definition) is 2. The lowest BCUT2D eigenvalue weighted by Gasteiger charge is -2.14. The number of amides is 1. The number of halogens is 1. The van der Waals surface area contributed by atoms with Crippen LogP contribution in [0.3, 0.4) is 0 Å². The van der Waals surface area contributed by atoms with Gasteiger partial charge in [0.05, 0.1) is 11.7 Å². The first-order valence-electron chi connectivity index (χ1n) is 6.88. The number of nitrogens with one attached hydrogen (secondary N) is 2. The Hall–Kier alpha value is -1.88. The molecule has 1 aromatic carbocycles. The van der Waals surface area contributed by atoms with Gasteiger partial charge in [-0.25, -0.2) is 4.39 Å². The minimum Gasteiger partial charge on any atom is -0.393 e. The van der Waals surface area contributed by atoms with Crippen molar-refractivity contribution in [3.05, 3.63) is 35.8 Å². The van der Waals surface area contributed by atoms with Crippen LogP contribution in [-0.2, 0) is 0 Å². The van der Waals surface area contributed by atoms with Crippen LogP contribution >= 0.6 is 0 Å². The molecule has 4 nitrogen and oxygen atoms in total. The molecule has 1 aliphatic rings. The minimum absolute atomic E-state index is 0.106. The van der Waals surface area contributed by atoms with Crippen LogP contribution in [0.15, 0.2) is 24.4 Å². The maximum Gasteiger partial charge on any atom is 0.253 e. The number of carbonyl (C=O) groups is 1. The van der Waals surface area contributed by atoms with Crippen molar-refractivity contribution in [1.29, 1.82) is 0 Å². The molecule has 2 unspecified atom stereocenters. The lowest BCUT2D eigenvalue weighted by Crippen LogP contribution is -2.32. The second-order valence-electron chi connectivity index (χ2n) is 5.33. The van der Waals surface area contributed by atoms with Crippen LogP contribution in [0.5, 0.6) is 0 Å². The van der Waals surface area contributed by atoms with Crippen LogP contribution in [-0.4, -0.2) is 28.6 Å². The first kappa shape index (κ1) is 13.1. The highest BCUT2D eigenvalue weighted by atomic mass is 19.1. The Morgan fingerprint density at radius 3 is 3.05 bits per heavy atom. The van der Waals surface area contributed by atoms with Gasteiger partial charge < -0.3 is 15.4 Å². The fourth-order valence-corrected chi connectivity index (χ4v) is 2.89. The quantitative estimate of drug-likeness (QED) is 0.804. The Morgan fingerprint density at radius 1 is 1.45 bits per heavy atom. The van der Waals surface area contributed by atoms with E-state index in [9.17, 15) is 14.3 Å². The number of fused-ring (bicyclic) bond motifs is 1. The number of aliphatic hydroxyl groups excluding tert-OH is 1. The maximum atomic E-state index is 13.8. The molecular weight excluding hydrogens is 259 g/mol. The topological polar surface area (TPSA) is 65.1 Å². The van der Waals surface area contributed by atoms with E-state index in [0.29, 0.717) is 23.0 Å². The van der Waals surface area contributed by atoms with E-state index in [1.165, 1.54) is 12.3 Å². The van der Waals surface area contributed by atoms with E-state index in [4.69, 9.17) is 0 Å². The molecule has 1 aliphatic carbocycles. The molecule has 106 valence electrons. The Bertz CT molecular complexity index is 638. The van der Waals surface area contributed by atoms with E-state index in [2.05, 4.69) is 10.3 Å². The number of aromatic nitrogens is 1. The Morgan fingerprint density at radius 2 is 2.30 bits per heavy atom. The molecule has 1 heterocycles. The summed E-state index contributed by atoms with van der Waals surface area (Å²) in [5.74, 6) is -0.607. The molecule has 20 heavy (non-hydrogen) atoms. The van der Waals surface area contributed by atoms with Gasteiger partial charge in [0, 0.05) is 29.6 Å². The van der Waals surface area contributed by atoms with Crippen LogP contribution in [0.4, 0.5) is 4.39 Å². The SMILES string of the molecule is O=C(NCC1CCCC1O)c1c[nH]c2cccc(F)c12. The van der Waals surface area contributed by atoms with Crippen molar-refractivity contribution < 1.29 is 14.3 Å². The van der Waals surface area contributed by atoms with Gasteiger partial charge in [0.15, 0.2) is 0 Å². The molecular formula is C15H17FN2O2. The third-order valence-corrected chi connectivity index (χ3v) is 4.04. The van der Waals surface area contributed by atoms with Crippen LogP contribution in [0.2, 0.25) is 0 Å². The summed E-state index contributed by atoms with van der Waals surface area (Å²) in [5, 5.41) is 12.8. The molecule has 2 atom stereocenters. The van der Waals surface area contributed by atoms with Gasteiger partial charge in [-0.3, -0.25) is 4.79 Å². The van der Waals surface area contributed by atoms with Crippen LogP contribution < -0.4 is 5.32 Å². The summed E-state index contributed by atoms with van der Waals surface area (Å²) in [4.78, 5) is 15.1. The lowest BCUT2D eigenvalue weighted by atomic mass is 10.1. The Kier molecular flexibility index (Phi) is 3.44. The molecule has 1 fully saturated rings. The normalized spacial score (nSPS) is 22.3. The molecule has 1 amide bonds. The largest absolute Gasteiger partial charge is 0.393 e. The Balaban J connectivity index is 1.76. The summed E-state index contributed by atoms with van der Waals surface area (Å²) in [6.45, 7) is 0.432. The first-order valence-corrected chi connectivity index (χ1v) is 6.88. The monoisotopic (exact) mass is 276 g/mol. The van der Waals surface area contributed by atoms with Gasteiger partial charge in [-0.1, -0.05) is 12.5 Å². The summed E-state index contributed by atoms with van der Waals surface area (Å²) >= 11 is 0. The third-order valence-electron chi connectivity index (χ3n) is 4.04. The lowest BCUT2D eigenvalue weighted by molar-refractivity contribution is 0.0918.